The van der Waals surface area contributed by atoms with E-state index in [2.05, 4.69) is 0 Å². The van der Waals surface area contributed by atoms with Gasteiger partial charge in [0.1, 0.15) is 11.3 Å². The number of carbonyl (C=O) groups is 2. The van der Waals surface area contributed by atoms with E-state index in [4.69, 9.17) is 25.2 Å². The van der Waals surface area contributed by atoms with Crippen molar-refractivity contribution in [3.63, 3.8) is 0 Å². The van der Waals surface area contributed by atoms with Crippen molar-refractivity contribution < 1.29 is 23.2 Å². The Balaban J connectivity index is 1.70. The summed E-state index contributed by atoms with van der Waals surface area (Å²) in [5.41, 5.74) is 1.18. The molecule has 1 aliphatic rings. The van der Waals surface area contributed by atoms with E-state index in [-0.39, 0.29) is 28.9 Å². The lowest BCUT2D eigenvalue weighted by Crippen LogP contribution is -2.29. The highest BCUT2D eigenvalue weighted by atomic mass is 35.5. The number of esters is 1. The lowest BCUT2D eigenvalue weighted by atomic mass is 9.97. The topological polar surface area (TPSA) is 90.0 Å². The molecule has 7 nitrogen and oxygen atoms in total. The predicted octanol–water partition coefficient (Wildman–Crippen LogP) is 4.57. The van der Waals surface area contributed by atoms with E-state index >= 15 is 0 Å². The molecule has 0 saturated heterocycles. The molecule has 1 aliphatic heterocycles. The standard InChI is InChI=1S/C24H16ClNO6/c1-30-24(29)14-6-4-13(5-7-14)20-19-21(27)17-11-15(25)8-9-18(17)32-22(19)23(28)26(20)12-16-3-2-10-31-16/h2-11,20H,12H2,1H3/t20-/m1/s1. The normalized spacial score (nSPS) is 15.2. The molecule has 2 aromatic heterocycles. The number of ether oxygens (including phenoxy) is 1. The molecule has 8 heteroatoms. The van der Waals surface area contributed by atoms with Crippen LogP contribution in [0.3, 0.4) is 0 Å². The maximum atomic E-state index is 13.5. The number of rotatable bonds is 4. The average molecular weight is 450 g/mol. The van der Waals surface area contributed by atoms with Crippen LogP contribution in [0.15, 0.2) is 74.5 Å². The highest BCUT2D eigenvalue weighted by molar-refractivity contribution is 6.31. The molecule has 0 unspecified atom stereocenters. The van der Waals surface area contributed by atoms with Crippen LogP contribution < -0.4 is 5.43 Å². The minimum Gasteiger partial charge on any atom is -0.467 e. The second kappa shape index (κ2) is 7.69. The lowest BCUT2D eigenvalue weighted by molar-refractivity contribution is 0.0599. The summed E-state index contributed by atoms with van der Waals surface area (Å²) in [4.78, 5) is 40.2. The maximum absolute atomic E-state index is 13.5. The van der Waals surface area contributed by atoms with Crippen LogP contribution in [0.4, 0.5) is 0 Å². The number of furan rings is 1. The van der Waals surface area contributed by atoms with E-state index in [1.165, 1.54) is 24.3 Å². The minimum atomic E-state index is -0.728. The highest BCUT2D eigenvalue weighted by Crippen LogP contribution is 2.39. The number of benzene rings is 2. The Kier molecular flexibility index (Phi) is 4.83. The average Bonchev–Trinajstić information content (AvgIpc) is 3.41. The Labute approximate surface area is 186 Å². The zero-order chi connectivity index (χ0) is 22.4. The van der Waals surface area contributed by atoms with Crippen LogP contribution in [-0.4, -0.2) is 23.9 Å². The van der Waals surface area contributed by atoms with Crippen molar-refractivity contribution in [3.8, 4) is 0 Å². The fourth-order valence-corrected chi connectivity index (χ4v) is 4.16. The molecular formula is C24H16ClNO6. The second-order valence-electron chi connectivity index (χ2n) is 7.34. The Morgan fingerprint density at radius 3 is 2.59 bits per heavy atom. The fourth-order valence-electron chi connectivity index (χ4n) is 3.99. The van der Waals surface area contributed by atoms with E-state index in [1.807, 2.05) is 0 Å². The Morgan fingerprint density at radius 1 is 1.12 bits per heavy atom. The van der Waals surface area contributed by atoms with E-state index in [9.17, 15) is 14.4 Å². The molecule has 1 atom stereocenters. The molecule has 1 amide bonds. The molecule has 0 fully saturated rings. The molecule has 0 aliphatic carbocycles. The van der Waals surface area contributed by atoms with Crippen molar-refractivity contribution in [2.75, 3.05) is 7.11 Å². The van der Waals surface area contributed by atoms with Crippen molar-refractivity contribution in [2.45, 2.75) is 12.6 Å². The van der Waals surface area contributed by atoms with Gasteiger partial charge in [0, 0.05) is 5.02 Å². The van der Waals surface area contributed by atoms with Gasteiger partial charge in [0.05, 0.1) is 42.5 Å². The van der Waals surface area contributed by atoms with Crippen LogP contribution in [0, 0.1) is 0 Å². The van der Waals surface area contributed by atoms with Gasteiger partial charge in [-0.25, -0.2) is 4.79 Å². The first-order valence-corrected chi connectivity index (χ1v) is 10.1. The number of halogens is 1. The van der Waals surface area contributed by atoms with E-state index in [1.54, 1.807) is 48.5 Å². The first kappa shape index (κ1) is 20.1. The lowest BCUT2D eigenvalue weighted by Gasteiger charge is -2.24. The van der Waals surface area contributed by atoms with Crippen LogP contribution in [0.25, 0.3) is 11.0 Å². The largest absolute Gasteiger partial charge is 0.467 e. The number of carbonyl (C=O) groups excluding carboxylic acids is 2. The Bertz CT molecular complexity index is 1410. The first-order valence-electron chi connectivity index (χ1n) is 9.76. The molecular weight excluding hydrogens is 434 g/mol. The number of fused-ring (bicyclic) bond motifs is 2. The third kappa shape index (κ3) is 3.18. The molecule has 160 valence electrons. The summed E-state index contributed by atoms with van der Waals surface area (Å²) in [6.07, 6.45) is 1.52. The summed E-state index contributed by atoms with van der Waals surface area (Å²) in [5, 5.41) is 0.681. The molecule has 3 heterocycles. The van der Waals surface area contributed by atoms with Crippen molar-refractivity contribution in [1.82, 2.24) is 4.90 Å². The van der Waals surface area contributed by atoms with Crippen LogP contribution in [-0.2, 0) is 11.3 Å². The van der Waals surface area contributed by atoms with Gasteiger partial charge in [-0.05, 0) is 48.0 Å². The number of hydrogen-bond donors (Lipinski definition) is 0. The summed E-state index contributed by atoms with van der Waals surface area (Å²) >= 11 is 6.09. The SMILES string of the molecule is COC(=O)c1ccc([C@@H]2c3c(oc4ccc(Cl)cc4c3=O)C(=O)N2Cc2ccco2)cc1. The van der Waals surface area contributed by atoms with Crippen molar-refractivity contribution >= 4 is 34.4 Å². The van der Waals surface area contributed by atoms with E-state index in [0.717, 1.165) is 0 Å². The number of nitrogens with zero attached hydrogens (tertiary/aromatic N) is 1. The van der Waals surface area contributed by atoms with Crippen LogP contribution in [0.5, 0.6) is 0 Å². The van der Waals surface area contributed by atoms with Crippen molar-refractivity contribution in [1.29, 1.82) is 0 Å². The summed E-state index contributed by atoms with van der Waals surface area (Å²) in [6, 6.07) is 14.0. The molecule has 0 spiro atoms. The van der Waals surface area contributed by atoms with Crippen LogP contribution in [0.2, 0.25) is 5.02 Å². The third-order valence-electron chi connectivity index (χ3n) is 5.48. The quantitative estimate of drug-likeness (QED) is 0.424. The van der Waals surface area contributed by atoms with Gasteiger partial charge in [0.2, 0.25) is 5.76 Å². The molecule has 2 aromatic carbocycles. The molecule has 0 bridgehead atoms. The summed E-state index contributed by atoms with van der Waals surface area (Å²) < 4.78 is 16.1. The first-order chi connectivity index (χ1) is 15.5. The van der Waals surface area contributed by atoms with Gasteiger partial charge in [0.15, 0.2) is 5.43 Å². The summed E-state index contributed by atoms with van der Waals surface area (Å²) in [6.45, 7) is 0.135. The number of hydrogen-bond acceptors (Lipinski definition) is 6. The van der Waals surface area contributed by atoms with E-state index < -0.39 is 17.9 Å². The Hall–Kier alpha value is -3.84. The second-order valence-corrected chi connectivity index (χ2v) is 7.78. The van der Waals surface area contributed by atoms with Gasteiger partial charge in [-0.2, -0.15) is 0 Å². The zero-order valence-electron chi connectivity index (χ0n) is 16.8. The Morgan fingerprint density at radius 2 is 1.91 bits per heavy atom. The number of methoxy groups -OCH3 is 1. The van der Waals surface area contributed by atoms with Crippen LogP contribution >= 0.6 is 11.6 Å². The molecule has 5 rings (SSSR count). The molecule has 0 saturated carbocycles. The number of amides is 1. The van der Waals surface area contributed by atoms with Gasteiger partial charge in [-0.1, -0.05) is 23.7 Å². The van der Waals surface area contributed by atoms with Crippen LogP contribution in [0.1, 0.15) is 43.8 Å². The third-order valence-corrected chi connectivity index (χ3v) is 5.72. The fraction of sp³-hybridized carbons (Fsp3) is 0.125. The van der Waals surface area contributed by atoms with Gasteiger partial charge < -0.3 is 18.5 Å². The zero-order valence-corrected chi connectivity index (χ0v) is 17.6. The molecule has 32 heavy (non-hydrogen) atoms. The highest BCUT2D eigenvalue weighted by Gasteiger charge is 2.43. The van der Waals surface area contributed by atoms with Gasteiger partial charge in [-0.3, -0.25) is 9.59 Å². The van der Waals surface area contributed by atoms with Crippen molar-refractivity contribution in [3.05, 3.63) is 104 Å². The monoisotopic (exact) mass is 449 g/mol. The molecule has 0 N–H and O–H groups in total. The molecule has 4 aromatic rings. The van der Waals surface area contributed by atoms with Gasteiger partial charge in [0.25, 0.3) is 5.91 Å². The van der Waals surface area contributed by atoms with Gasteiger partial charge >= 0.3 is 5.97 Å². The van der Waals surface area contributed by atoms with Crippen molar-refractivity contribution in [2.24, 2.45) is 0 Å². The predicted molar refractivity (Wildman–Crippen MR) is 116 cm³/mol. The van der Waals surface area contributed by atoms with Gasteiger partial charge in [-0.15, -0.1) is 0 Å². The van der Waals surface area contributed by atoms with E-state index in [0.29, 0.717) is 27.3 Å². The summed E-state index contributed by atoms with van der Waals surface area (Å²) in [5.74, 6) is -0.361. The summed E-state index contributed by atoms with van der Waals surface area (Å²) in [7, 11) is 1.30. The molecule has 0 radical (unpaired) electrons. The minimum absolute atomic E-state index is 0.0153. The smallest absolute Gasteiger partial charge is 0.337 e. The maximum Gasteiger partial charge on any atom is 0.337 e.